The molecule has 8 N–H and O–H groups in total. The largest absolute Gasteiger partial charge is 0.508 e. The maximum atomic E-state index is 13.2. The van der Waals surface area contributed by atoms with Gasteiger partial charge in [-0.05, 0) is 18.2 Å². The number of hydrogen-bond donors (Lipinski definition) is 8. The first-order chi connectivity index (χ1) is 15.6. The Bertz CT molecular complexity index is 1250. The van der Waals surface area contributed by atoms with Crippen LogP contribution in [0.3, 0.4) is 0 Å². The molecule has 1 aliphatic heterocycles. The number of aliphatic hydroxyl groups excluding tert-OH is 4. The minimum Gasteiger partial charge on any atom is -0.508 e. The lowest BCUT2D eigenvalue weighted by Gasteiger charge is -2.39. The standard InChI is InChI=1S/C21H20O12/c22-6-13-15(27)17(29)18(30)21(32-13)33-20-16(28)14-11(26)4-8(23)5-12(14)31-19(20)7-1-2-9(24)10(25)3-7/h1-5,13,15,17-18,21-27,29-30H,6H2/t13-,15+,17+,18+,21+/m1/s1. The number of phenolic OH excluding ortho intramolecular Hbond substituents is 4. The Morgan fingerprint density at radius 3 is 2.27 bits per heavy atom. The molecule has 5 atom stereocenters. The molecular weight excluding hydrogens is 444 g/mol. The van der Waals surface area contributed by atoms with Crippen LogP contribution in [0, 0.1) is 0 Å². The number of rotatable bonds is 4. The van der Waals surface area contributed by atoms with Crippen molar-refractivity contribution in [3.05, 3.63) is 40.6 Å². The van der Waals surface area contributed by atoms with Gasteiger partial charge in [0.2, 0.25) is 17.5 Å². The van der Waals surface area contributed by atoms with Gasteiger partial charge in [0.15, 0.2) is 17.3 Å². The van der Waals surface area contributed by atoms with Gasteiger partial charge in [0.25, 0.3) is 0 Å². The Morgan fingerprint density at radius 1 is 0.879 bits per heavy atom. The molecule has 1 fully saturated rings. The van der Waals surface area contributed by atoms with E-state index in [1.54, 1.807) is 0 Å². The first-order valence-corrected chi connectivity index (χ1v) is 9.64. The van der Waals surface area contributed by atoms with E-state index < -0.39 is 71.5 Å². The van der Waals surface area contributed by atoms with Crippen LogP contribution in [0.4, 0.5) is 0 Å². The van der Waals surface area contributed by atoms with Crippen LogP contribution in [0.1, 0.15) is 0 Å². The monoisotopic (exact) mass is 464 g/mol. The van der Waals surface area contributed by atoms with E-state index in [1.807, 2.05) is 0 Å². The molecule has 2 heterocycles. The number of fused-ring (bicyclic) bond motifs is 1. The minimum absolute atomic E-state index is 0.0201. The molecule has 3 aromatic rings. The molecule has 0 amide bonds. The highest BCUT2D eigenvalue weighted by molar-refractivity contribution is 5.88. The van der Waals surface area contributed by atoms with Crippen molar-refractivity contribution in [2.24, 2.45) is 0 Å². The van der Waals surface area contributed by atoms with E-state index in [1.165, 1.54) is 6.07 Å². The molecule has 12 nitrogen and oxygen atoms in total. The van der Waals surface area contributed by atoms with Crippen LogP contribution >= 0.6 is 0 Å². The third-order valence-corrected chi connectivity index (χ3v) is 5.24. The van der Waals surface area contributed by atoms with E-state index in [0.29, 0.717) is 0 Å². The molecule has 0 saturated carbocycles. The molecule has 176 valence electrons. The number of ether oxygens (including phenoxy) is 2. The van der Waals surface area contributed by atoms with Crippen molar-refractivity contribution in [3.63, 3.8) is 0 Å². The summed E-state index contributed by atoms with van der Waals surface area (Å²) in [6.07, 6.45) is -8.40. The van der Waals surface area contributed by atoms with E-state index in [4.69, 9.17) is 13.9 Å². The zero-order valence-corrected chi connectivity index (χ0v) is 16.7. The topological polar surface area (TPSA) is 211 Å². The second-order valence-electron chi connectivity index (χ2n) is 7.45. The molecule has 12 heteroatoms. The van der Waals surface area contributed by atoms with Gasteiger partial charge in [-0.15, -0.1) is 0 Å². The van der Waals surface area contributed by atoms with Gasteiger partial charge in [0, 0.05) is 17.7 Å². The average Bonchev–Trinajstić information content (AvgIpc) is 2.76. The molecule has 0 spiro atoms. The van der Waals surface area contributed by atoms with Gasteiger partial charge in [0.1, 0.15) is 46.9 Å². The van der Waals surface area contributed by atoms with Crippen LogP contribution in [0.2, 0.25) is 0 Å². The summed E-state index contributed by atoms with van der Waals surface area (Å²) < 4.78 is 16.5. The lowest BCUT2D eigenvalue weighted by atomic mass is 9.99. The van der Waals surface area contributed by atoms with E-state index in [-0.39, 0.29) is 22.3 Å². The van der Waals surface area contributed by atoms with Gasteiger partial charge in [0.05, 0.1) is 6.61 Å². The van der Waals surface area contributed by atoms with E-state index in [2.05, 4.69) is 0 Å². The van der Waals surface area contributed by atoms with Crippen molar-refractivity contribution in [1.82, 2.24) is 0 Å². The van der Waals surface area contributed by atoms with Crippen LogP contribution in [0.5, 0.6) is 28.7 Å². The van der Waals surface area contributed by atoms with Gasteiger partial charge in [-0.3, -0.25) is 4.79 Å². The smallest absolute Gasteiger partial charge is 0.239 e. The summed E-state index contributed by atoms with van der Waals surface area (Å²) >= 11 is 0. The average molecular weight is 464 g/mol. The molecule has 0 radical (unpaired) electrons. The highest BCUT2D eigenvalue weighted by Gasteiger charge is 2.45. The van der Waals surface area contributed by atoms with Gasteiger partial charge < -0.3 is 54.7 Å². The zero-order valence-electron chi connectivity index (χ0n) is 16.7. The van der Waals surface area contributed by atoms with Gasteiger partial charge in [-0.1, -0.05) is 0 Å². The van der Waals surface area contributed by atoms with Crippen molar-refractivity contribution in [2.45, 2.75) is 30.7 Å². The Kier molecular flexibility index (Phi) is 5.78. The first-order valence-electron chi connectivity index (χ1n) is 9.64. The van der Waals surface area contributed by atoms with Crippen LogP contribution in [-0.2, 0) is 4.74 Å². The van der Waals surface area contributed by atoms with Crippen molar-refractivity contribution < 1.29 is 54.7 Å². The van der Waals surface area contributed by atoms with Crippen molar-refractivity contribution in [2.75, 3.05) is 6.61 Å². The fraction of sp³-hybridized carbons (Fsp3) is 0.286. The second-order valence-corrected chi connectivity index (χ2v) is 7.45. The number of hydrogen-bond acceptors (Lipinski definition) is 12. The predicted octanol–water partition coefficient (Wildman–Crippen LogP) is -0.539. The first kappa shape index (κ1) is 22.6. The molecule has 0 aliphatic carbocycles. The fourth-order valence-corrected chi connectivity index (χ4v) is 3.51. The summed E-state index contributed by atoms with van der Waals surface area (Å²) in [5.74, 6) is -3.05. The lowest BCUT2D eigenvalue weighted by Crippen LogP contribution is -2.60. The Labute approximate surface area is 184 Å². The van der Waals surface area contributed by atoms with Crippen LogP contribution in [0.25, 0.3) is 22.3 Å². The molecule has 0 bridgehead atoms. The number of benzene rings is 2. The van der Waals surface area contributed by atoms with Crippen LogP contribution in [0.15, 0.2) is 39.5 Å². The van der Waals surface area contributed by atoms with E-state index in [9.17, 15) is 45.6 Å². The number of aromatic hydroxyl groups is 4. The van der Waals surface area contributed by atoms with Gasteiger partial charge >= 0.3 is 0 Å². The lowest BCUT2D eigenvalue weighted by molar-refractivity contribution is -0.277. The Balaban J connectivity index is 1.91. The van der Waals surface area contributed by atoms with Gasteiger partial charge in [-0.25, -0.2) is 0 Å². The maximum absolute atomic E-state index is 13.2. The van der Waals surface area contributed by atoms with Crippen LogP contribution < -0.4 is 10.2 Å². The minimum atomic E-state index is -1.85. The number of aliphatic hydroxyl groups is 4. The summed E-state index contributed by atoms with van der Waals surface area (Å²) in [5, 5.41) is 78.7. The molecule has 33 heavy (non-hydrogen) atoms. The van der Waals surface area contributed by atoms with E-state index in [0.717, 1.165) is 24.3 Å². The Hall–Kier alpha value is -3.55. The summed E-state index contributed by atoms with van der Waals surface area (Å²) in [5.41, 5.74) is -1.19. The molecular formula is C21H20O12. The Morgan fingerprint density at radius 2 is 1.61 bits per heavy atom. The maximum Gasteiger partial charge on any atom is 0.239 e. The molecule has 1 saturated heterocycles. The molecule has 2 aromatic carbocycles. The van der Waals surface area contributed by atoms with E-state index >= 15 is 0 Å². The predicted molar refractivity (Wildman–Crippen MR) is 109 cm³/mol. The second kappa shape index (κ2) is 8.42. The summed E-state index contributed by atoms with van der Waals surface area (Å²) in [6.45, 7) is -0.740. The molecule has 0 unspecified atom stereocenters. The summed E-state index contributed by atoms with van der Waals surface area (Å²) in [6, 6.07) is 5.36. The van der Waals surface area contributed by atoms with Crippen molar-refractivity contribution in [1.29, 1.82) is 0 Å². The fourth-order valence-electron chi connectivity index (χ4n) is 3.51. The quantitative estimate of drug-likeness (QED) is 0.229. The zero-order chi connectivity index (χ0) is 24.0. The molecule has 1 aliphatic rings. The van der Waals surface area contributed by atoms with Crippen molar-refractivity contribution >= 4 is 11.0 Å². The summed E-state index contributed by atoms with van der Waals surface area (Å²) in [7, 11) is 0. The molecule has 1 aromatic heterocycles. The third-order valence-electron chi connectivity index (χ3n) is 5.24. The molecule has 4 rings (SSSR count). The van der Waals surface area contributed by atoms with Crippen molar-refractivity contribution in [3.8, 4) is 40.1 Å². The highest BCUT2D eigenvalue weighted by Crippen LogP contribution is 2.39. The third kappa shape index (κ3) is 3.90. The van der Waals surface area contributed by atoms with Gasteiger partial charge in [-0.2, -0.15) is 0 Å². The SMILES string of the molecule is O=c1c(O[C@@H]2O[C@H](CO)[C@H](O)[C@H](O)[C@@H]2O)c(-c2ccc(O)c(O)c2)oc2cc(O)cc(O)c12. The van der Waals surface area contributed by atoms with Crippen LogP contribution in [-0.4, -0.2) is 78.2 Å². The number of phenols is 4. The normalized spacial score (nSPS) is 25.3. The summed E-state index contributed by atoms with van der Waals surface area (Å²) in [4.78, 5) is 13.2. The highest BCUT2D eigenvalue weighted by atomic mass is 16.7.